The van der Waals surface area contributed by atoms with Gasteiger partial charge in [0.2, 0.25) is 0 Å². The summed E-state index contributed by atoms with van der Waals surface area (Å²) in [6, 6.07) is 22.7. The molecule has 5 nitrogen and oxygen atoms in total. The van der Waals surface area contributed by atoms with Crippen LogP contribution in [0.5, 0.6) is 5.75 Å². The first-order chi connectivity index (χ1) is 13.2. The molecular weight excluding hydrogens is 338 g/mol. The van der Waals surface area contributed by atoms with Crippen molar-refractivity contribution in [3.8, 4) is 5.75 Å². The zero-order valence-corrected chi connectivity index (χ0v) is 14.7. The lowest BCUT2D eigenvalue weighted by Crippen LogP contribution is -2.17. The van der Waals surface area contributed by atoms with Gasteiger partial charge in [-0.15, -0.1) is 0 Å². The summed E-state index contributed by atoms with van der Waals surface area (Å²) < 4.78 is 0. The van der Waals surface area contributed by atoms with Crippen molar-refractivity contribution in [2.75, 3.05) is 4.90 Å². The average molecular weight is 357 g/mol. The molecule has 0 aliphatic carbocycles. The highest BCUT2D eigenvalue weighted by atomic mass is 16.3. The van der Waals surface area contributed by atoms with Crippen LogP contribution in [0.4, 0.5) is 5.69 Å². The van der Waals surface area contributed by atoms with E-state index >= 15 is 0 Å². The van der Waals surface area contributed by atoms with Gasteiger partial charge in [-0.1, -0.05) is 36.4 Å². The number of amides is 1. The highest BCUT2D eigenvalue weighted by molar-refractivity contribution is 5.95. The summed E-state index contributed by atoms with van der Waals surface area (Å²) in [5, 5.41) is 13.4. The standard InChI is InChI=1S/C22H19N3O2/c26-21-8-4-5-16(11-21)13-23-24-22(27)17-9-10-18-14-25(15-19(18)12-17)20-6-2-1-3-7-20/h1-13,26H,14-15H2,(H,24,27)/b23-13+. The molecule has 4 rings (SSSR count). The molecule has 0 spiro atoms. The second-order valence-electron chi connectivity index (χ2n) is 6.47. The lowest BCUT2D eigenvalue weighted by Gasteiger charge is -2.17. The number of nitrogens with zero attached hydrogens (tertiary/aromatic N) is 2. The smallest absolute Gasteiger partial charge is 0.271 e. The summed E-state index contributed by atoms with van der Waals surface area (Å²) >= 11 is 0. The zero-order chi connectivity index (χ0) is 18.6. The monoisotopic (exact) mass is 357 g/mol. The van der Waals surface area contributed by atoms with Gasteiger partial charge in [0, 0.05) is 24.3 Å². The summed E-state index contributed by atoms with van der Waals surface area (Å²) in [4.78, 5) is 14.6. The Morgan fingerprint density at radius 3 is 2.59 bits per heavy atom. The normalized spacial score (nSPS) is 13.0. The minimum Gasteiger partial charge on any atom is -0.508 e. The molecule has 0 atom stereocenters. The molecule has 5 heteroatoms. The van der Waals surface area contributed by atoms with E-state index in [9.17, 15) is 9.90 Å². The Hall–Kier alpha value is -3.60. The van der Waals surface area contributed by atoms with Crippen molar-refractivity contribution < 1.29 is 9.90 Å². The Morgan fingerprint density at radius 2 is 1.78 bits per heavy atom. The fourth-order valence-electron chi connectivity index (χ4n) is 3.19. The number of benzene rings is 3. The average Bonchev–Trinajstić information content (AvgIpc) is 3.12. The topological polar surface area (TPSA) is 64.9 Å². The van der Waals surface area contributed by atoms with Crippen molar-refractivity contribution >= 4 is 17.8 Å². The lowest BCUT2D eigenvalue weighted by molar-refractivity contribution is 0.0955. The maximum atomic E-state index is 12.4. The first-order valence-corrected chi connectivity index (χ1v) is 8.73. The van der Waals surface area contributed by atoms with Crippen molar-refractivity contribution in [2.24, 2.45) is 5.10 Å². The van der Waals surface area contributed by atoms with Crippen LogP contribution < -0.4 is 10.3 Å². The van der Waals surface area contributed by atoms with Crippen LogP contribution in [0.3, 0.4) is 0 Å². The minimum absolute atomic E-state index is 0.159. The second kappa shape index (κ2) is 7.33. The first-order valence-electron chi connectivity index (χ1n) is 8.73. The number of hydrazone groups is 1. The Balaban J connectivity index is 1.43. The van der Waals surface area contributed by atoms with Gasteiger partial charge in [-0.05, 0) is 53.1 Å². The number of nitrogens with one attached hydrogen (secondary N) is 1. The number of hydrogen-bond donors (Lipinski definition) is 2. The SMILES string of the molecule is O=C(N/N=C/c1cccc(O)c1)c1ccc2c(c1)CN(c1ccccc1)C2. The summed E-state index contributed by atoms with van der Waals surface area (Å²) in [6.07, 6.45) is 1.50. The van der Waals surface area contributed by atoms with Crippen molar-refractivity contribution in [1.82, 2.24) is 5.43 Å². The molecule has 0 radical (unpaired) electrons. The number of phenols is 1. The Kier molecular flexibility index (Phi) is 4.58. The first kappa shape index (κ1) is 16.8. The van der Waals surface area contributed by atoms with Crippen molar-refractivity contribution in [3.63, 3.8) is 0 Å². The van der Waals surface area contributed by atoms with Gasteiger partial charge in [0.1, 0.15) is 5.75 Å². The molecule has 27 heavy (non-hydrogen) atoms. The van der Waals surface area contributed by atoms with Crippen LogP contribution >= 0.6 is 0 Å². The van der Waals surface area contributed by atoms with E-state index in [1.165, 1.54) is 17.5 Å². The number of fused-ring (bicyclic) bond motifs is 1. The number of hydrogen-bond acceptors (Lipinski definition) is 4. The highest BCUT2D eigenvalue weighted by Crippen LogP contribution is 2.28. The number of anilines is 1. The minimum atomic E-state index is -0.257. The van der Waals surface area contributed by atoms with Gasteiger partial charge in [0.25, 0.3) is 5.91 Å². The van der Waals surface area contributed by atoms with Crippen LogP contribution in [-0.4, -0.2) is 17.2 Å². The third kappa shape index (κ3) is 3.82. The largest absolute Gasteiger partial charge is 0.508 e. The van der Waals surface area contributed by atoms with Crippen LogP contribution in [0.15, 0.2) is 77.9 Å². The van der Waals surface area contributed by atoms with E-state index in [4.69, 9.17) is 0 Å². The van der Waals surface area contributed by atoms with Gasteiger partial charge in [-0.2, -0.15) is 5.10 Å². The molecule has 0 bridgehead atoms. The molecule has 0 saturated heterocycles. The van der Waals surface area contributed by atoms with Crippen LogP contribution in [0, 0.1) is 0 Å². The number of para-hydroxylation sites is 1. The summed E-state index contributed by atoms with van der Waals surface area (Å²) in [6.45, 7) is 1.63. The molecule has 2 N–H and O–H groups in total. The van der Waals surface area contributed by atoms with Gasteiger partial charge < -0.3 is 10.0 Å². The number of carbonyl (C=O) groups is 1. The van der Waals surface area contributed by atoms with Crippen molar-refractivity contribution in [1.29, 1.82) is 0 Å². The van der Waals surface area contributed by atoms with E-state index in [1.54, 1.807) is 24.3 Å². The molecule has 1 amide bonds. The highest BCUT2D eigenvalue weighted by Gasteiger charge is 2.20. The number of phenolic OH excluding ortho intramolecular Hbond substituents is 1. The molecular formula is C22H19N3O2. The summed E-state index contributed by atoms with van der Waals surface area (Å²) in [7, 11) is 0. The van der Waals surface area contributed by atoms with E-state index in [1.807, 2.05) is 36.4 Å². The lowest BCUT2D eigenvalue weighted by atomic mass is 10.1. The predicted molar refractivity (Wildman–Crippen MR) is 106 cm³/mol. The molecule has 1 heterocycles. The van der Waals surface area contributed by atoms with E-state index in [0.717, 1.165) is 18.7 Å². The Bertz CT molecular complexity index is 999. The number of rotatable bonds is 4. The maximum absolute atomic E-state index is 12.4. The predicted octanol–water partition coefficient (Wildman–Crippen LogP) is 3.68. The van der Waals surface area contributed by atoms with Gasteiger partial charge >= 0.3 is 0 Å². The van der Waals surface area contributed by atoms with Crippen LogP contribution in [-0.2, 0) is 13.1 Å². The molecule has 0 unspecified atom stereocenters. The van der Waals surface area contributed by atoms with Gasteiger partial charge in [-0.3, -0.25) is 4.79 Å². The van der Waals surface area contributed by atoms with Gasteiger partial charge in [-0.25, -0.2) is 5.43 Å². The molecule has 134 valence electrons. The zero-order valence-electron chi connectivity index (χ0n) is 14.7. The van der Waals surface area contributed by atoms with Crippen LogP contribution in [0.2, 0.25) is 0 Å². The molecule has 1 aliphatic heterocycles. The Labute approximate surface area is 157 Å². The van der Waals surface area contributed by atoms with E-state index in [2.05, 4.69) is 27.6 Å². The molecule has 3 aromatic rings. The molecule has 1 aliphatic rings. The number of carbonyl (C=O) groups excluding carboxylic acids is 1. The van der Waals surface area contributed by atoms with E-state index in [-0.39, 0.29) is 11.7 Å². The van der Waals surface area contributed by atoms with E-state index < -0.39 is 0 Å². The van der Waals surface area contributed by atoms with Crippen molar-refractivity contribution in [3.05, 3.63) is 95.1 Å². The Morgan fingerprint density at radius 1 is 0.963 bits per heavy atom. The molecule has 0 saturated carbocycles. The molecule has 3 aromatic carbocycles. The summed E-state index contributed by atoms with van der Waals surface area (Å²) in [5.41, 5.74) is 7.39. The van der Waals surface area contributed by atoms with Gasteiger partial charge in [0.15, 0.2) is 0 Å². The van der Waals surface area contributed by atoms with E-state index in [0.29, 0.717) is 11.1 Å². The fraction of sp³-hybridized carbons (Fsp3) is 0.0909. The molecule has 0 fully saturated rings. The summed E-state index contributed by atoms with van der Waals surface area (Å²) in [5.74, 6) is -0.0979. The van der Waals surface area contributed by atoms with Gasteiger partial charge in [0.05, 0.1) is 6.21 Å². The third-order valence-corrected chi connectivity index (χ3v) is 4.56. The second-order valence-corrected chi connectivity index (χ2v) is 6.47. The molecule has 0 aromatic heterocycles. The maximum Gasteiger partial charge on any atom is 0.271 e. The quantitative estimate of drug-likeness (QED) is 0.553. The van der Waals surface area contributed by atoms with Crippen LogP contribution in [0.1, 0.15) is 27.0 Å². The fourth-order valence-corrected chi connectivity index (χ4v) is 3.19. The van der Waals surface area contributed by atoms with Crippen molar-refractivity contribution in [2.45, 2.75) is 13.1 Å². The van der Waals surface area contributed by atoms with Crippen LogP contribution in [0.25, 0.3) is 0 Å². The number of aromatic hydroxyl groups is 1. The third-order valence-electron chi connectivity index (χ3n) is 4.56.